The SMILES string of the molecule is CCNC(=NCCCOC1CCOC1)NCCN1CCCC(C)C1.I. The van der Waals surface area contributed by atoms with E-state index in [4.69, 9.17) is 9.47 Å². The van der Waals surface area contributed by atoms with Gasteiger partial charge in [0.2, 0.25) is 0 Å². The van der Waals surface area contributed by atoms with Crippen LogP contribution in [0.15, 0.2) is 4.99 Å². The summed E-state index contributed by atoms with van der Waals surface area (Å²) in [6, 6.07) is 0. The summed E-state index contributed by atoms with van der Waals surface area (Å²) < 4.78 is 11.1. The van der Waals surface area contributed by atoms with Crippen molar-refractivity contribution >= 4 is 29.9 Å². The van der Waals surface area contributed by atoms with Gasteiger partial charge in [-0.15, -0.1) is 24.0 Å². The molecule has 2 unspecified atom stereocenters. The second-order valence-electron chi connectivity index (χ2n) is 6.95. The van der Waals surface area contributed by atoms with Crippen molar-refractivity contribution in [3.63, 3.8) is 0 Å². The Morgan fingerprint density at radius 1 is 1.32 bits per heavy atom. The zero-order valence-corrected chi connectivity index (χ0v) is 18.3. The molecule has 0 saturated carbocycles. The summed E-state index contributed by atoms with van der Waals surface area (Å²) in [7, 11) is 0. The molecule has 2 aliphatic heterocycles. The van der Waals surface area contributed by atoms with Crippen LogP contribution in [0.2, 0.25) is 0 Å². The Balaban J connectivity index is 0.00000312. The predicted molar refractivity (Wildman–Crippen MR) is 114 cm³/mol. The number of halogens is 1. The van der Waals surface area contributed by atoms with Gasteiger partial charge in [-0.25, -0.2) is 0 Å². The average molecular weight is 468 g/mol. The Bertz CT molecular complexity index is 365. The Morgan fingerprint density at radius 2 is 2.20 bits per heavy atom. The fourth-order valence-corrected chi connectivity index (χ4v) is 3.31. The van der Waals surface area contributed by atoms with Crippen molar-refractivity contribution in [3.05, 3.63) is 0 Å². The van der Waals surface area contributed by atoms with Crippen LogP contribution in [0.1, 0.15) is 39.5 Å². The first-order valence-corrected chi connectivity index (χ1v) is 9.71. The molecule has 0 bridgehead atoms. The van der Waals surface area contributed by atoms with Crippen LogP contribution in [0.25, 0.3) is 0 Å². The van der Waals surface area contributed by atoms with Gasteiger partial charge in [-0.1, -0.05) is 6.92 Å². The first-order valence-electron chi connectivity index (χ1n) is 9.71. The molecule has 0 amide bonds. The molecular weight excluding hydrogens is 431 g/mol. The summed E-state index contributed by atoms with van der Waals surface area (Å²) in [5.41, 5.74) is 0. The molecule has 2 saturated heterocycles. The molecule has 2 aliphatic rings. The number of nitrogens with one attached hydrogen (secondary N) is 2. The number of rotatable bonds is 9. The maximum Gasteiger partial charge on any atom is 0.191 e. The van der Waals surface area contributed by atoms with Gasteiger partial charge in [-0.3, -0.25) is 4.99 Å². The fraction of sp³-hybridized carbons (Fsp3) is 0.944. The maximum absolute atomic E-state index is 5.77. The van der Waals surface area contributed by atoms with Gasteiger partial charge < -0.3 is 25.0 Å². The number of guanidine groups is 1. The third kappa shape index (κ3) is 9.96. The van der Waals surface area contributed by atoms with Crippen molar-refractivity contribution in [2.24, 2.45) is 10.9 Å². The van der Waals surface area contributed by atoms with Crippen LogP contribution in [0.3, 0.4) is 0 Å². The van der Waals surface area contributed by atoms with E-state index in [1.807, 2.05) is 0 Å². The van der Waals surface area contributed by atoms with Gasteiger partial charge in [0.05, 0.1) is 12.7 Å². The molecule has 7 heteroatoms. The van der Waals surface area contributed by atoms with E-state index in [1.54, 1.807) is 0 Å². The minimum atomic E-state index is 0. The molecule has 0 aliphatic carbocycles. The molecule has 0 spiro atoms. The number of piperidine rings is 1. The Hall–Kier alpha value is -0.120. The first kappa shape index (κ1) is 22.9. The van der Waals surface area contributed by atoms with Crippen LogP contribution in [-0.4, -0.2) is 76.1 Å². The van der Waals surface area contributed by atoms with Gasteiger partial charge >= 0.3 is 0 Å². The van der Waals surface area contributed by atoms with Gasteiger partial charge in [0, 0.05) is 45.9 Å². The monoisotopic (exact) mass is 468 g/mol. The molecule has 2 heterocycles. The van der Waals surface area contributed by atoms with Crippen molar-refractivity contribution < 1.29 is 9.47 Å². The topological polar surface area (TPSA) is 58.1 Å². The maximum atomic E-state index is 5.77. The number of hydrogen-bond donors (Lipinski definition) is 2. The van der Waals surface area contributed by atoms with E-state index in [0.29, 0.717) is 6.10 Å². The highest BCUT2D eigenvalue weighted by Crippen LogP contribution is 2.14. The van der Waals surface area contributed by atoms with Crippen LogP contribution in [0, 0.1) is 5.92 Å². The molecule has 2 N–H and O–H groups in total. The molecule has 25 heavy (non-hydrogen) atoms. The van der Waals surface area contributed by atoms with Gasteiger partial charge in [0.25, 0.3) is 0 Å². The lowest BCUT2D eigenvalue weighted by Gasteiger charge is -2.30. The van der Waals surface area contributed by atoms with Gasteiger partial charge in [0.1, 0.15) is 0 Å². The molecule has 0 radical (unpaired) electrons. The summed E-state index contributed by atoms with van der Waals surface area (Å²) in [5, 5.41) is 6.77. The van der Waals surface area contributed by atoms with Crippen molar-refractivity contribution in [1.82, 2.24) is 15.5 Å². The van der Waals surface area contributed by atoms with E-state index >= 15 is 0 Å². The number of hydrogen-bond acceptors (Lipinski definition) is 4. The van der Waals surface area contributed by atoms with E-state index < -0.39 is 0 Å². The average Bonchev–Trinajstić information content (AvgIpc) is 3.08. The number of likely N-dealkylation sites (tertiary alicyclic amines) is 1. The van der Waals surface area contributed by atoms with Crippen molar-refractivity contribution in [1.29, 1.82) is 0 Å². The Morgan fingerprint density at radius 3 is 2.92 bits per heavy atom. The molecule has 0 aromatic rings. The first-order chi connectivity index (χ1) is 11.8. The molecule has 0 aromatic heterocycles. The highest BCUT2D eigenvalue weighted by Gasteiger charge is 2.16. The standard InChI is InChI=1S/C18H36N4O2.HI/c1-3-19-18(20-8-5-12-24-17-7-13-23-15-17)21-9-11-22-10-4-6-16(2)14-22;/h16-17H,3-15H2,1-2H3,(H2,19,20,21);1H. The van der Waals surface area contributed by atoms with Gasteiger partial charge in [0.15, 0.2) is 5.96 Å². The summed E-state index contributed by atoms with van der Waals surface area (Å²) in [6.07, 6.45) is 5.00. The molecular formula is C18H37IN4O2. The predicted octanol–water partition coefficient (Wildman–Crippen LogP) is 2.09. The highest BCUT2D eigenvalue weighted by atomic mass is 127. The lowest BCUT2D eigenvalue weighted by Crippen LogP contribution is -2.43. The molecule has 148 valence electrons. The van der Waals surface area contributed by atoms with E-state index in [0.717, 1.165) is 70.7 Å². The zero-order chi connectivity index (χ0) is 17.0. The van der Waals surface area contributed by atoms with E-state index in [2.05, 4.69) is 34.4 Å². The number of nitrogens with zero attached hydrogens (tertiary/aromatic N) is 2. The van der Waals surface area contributed by atoms with E-state index in [9.17, 15) is 0 Å². The second kappa shape index (κ2) is 14.0. The lowest BCUT2D eigenvalue weighted by molar-refractivity contribution is 0.0424. The molecule has 0 aromatic carbocycles. The summed E-state index contributed by atoms with van der Waals surface area (Å²) in [6.45, 7) is 13.0. The van der Waals surface area contributed by atoms with Crippen LogP contribution in [0.4, 0.5) is 0 Å². The van der Waals surface area contributed by atoms with Crippen molar-refractivity contribution in [2.75, 3.05) is 59.1 Å². The minimum absolute atomic E-state index is 0. The van der Waals surface area contributed by atoms with Crippen molar-refractivity contribution in [2.45, 2.75) is 45.6 Å². The molecule has 6 nitrogen and oxygen atoms in total. The zero-order valence-electron chi connectivity index (χ0n) is 16.0. The number of aliphatic imine (C=N–C) groups is 1. The van der Waals surface area contributed by atoms with Gasteiger partial charge in [-0.05, 0) is 45.1 Å². The van der Waals surface area contributed by atoms with Gasteiger partial charge in [-0.2, -0.15) is 0 Å². The summed E-state index contributed by atoms with van der Waals surface area (Å²) in [5.74, 6) is 1.76. The van der Waals surface area contributed by atoms with E-state index in [-0.39, 0.29) is 24.0 Å². The second-order valence-corrected chi connectivity index (χ2v) is 6.95. The third-order valence-electron chi connectivity index (χ3n) is 4.62. The summed E-state index contributed by atoms with van der Waals surface area (Å²) >= 11 is 0. The fourth-order valence-electron chi connectivity index (χ4n) is 3.31. The summed E-state index contributed by atoms with van der Waals surface area (Å²) in [4.78, 5) is 7.20. The van der Waals surface area contributed by atoms with Crippen LogP contribution in [-0.2, 0) is 9.47 Å². The number of ether oxygens (including phenoxy) is 2. The third-order valence-corrected chi connectivity index (χ3v) is 4.62. The molecule has 2 fully saturated rings. The highest BCUT2D eigenvalue weighted by molar-refractivity contribution is 14.0. The largest absolute Gasteiger partial charge is 0.379 e. The molecule has 2 rings (SSSR count). The van der Waals surface area contributed by atoms with Crippen molar-refractivity contribution in [3.8, 4) is 0 Å². The van der Waals surface area contributed by atoms with Crippen LogP contribution < -0.4 is 10.6 Å². The van der Waals surface area contributed by atoms with Crippen LogP contribution in [0.5, 0.6) is 0 Å². The Kier molecular flexibility index (Phi) is 12.8. The molecule has 2 atom stereocenters. The lowest BCUT2D eigenvalue weighted by atomic mass is 10.0. The Labute approximate surface area is 170 Å². The van der Waals surface area contributed by atoms with Crippen LogP contribution >= 0.6 is 24.0 Å². The normalized spacial score (nSPS) is 24.8. The quantitative estimate of drug-likeness (QED) is 0.235. The minimum Gasteiger partial charge on any atom is -0.379 e. The van der Waals surface area contributed by atoms with E-state index in [1.165, 1.54) is 25.9 Å². The smallest absolute Gasteiger partial charge is 0.191 e.